The van der Waals surface area contributed by atoms with Gasteiger partial charge in [-0.05, 0) is 17.7 Å². The van der Waals surface area contributed by atoms with Crippen LogP contribution in [0.15, 0.2) is 18.2 Å². The number of anilines is 1. The Kier molecular flexibility index (Phi) is 2.88. The number of benzene rings is 1. The lowest BCUT2D eigenvalue weighted by molar-refractivity contribution is -0.120. The van der Waals surface area contributed by atoms with Crippen LogP contribution in [0.25, 0.3) is 0 Å². The molecule has 0 spiro atoms. The molecular formula is C12H13N3O2. The van der Waals surface area contributed by atoms with E-state index in [9.17, 15) is 4.79 Å². The summed E-state index contributed by atoms with van der Waals surface area (Å²) in [5.74, 6) is 0.638. The monoisotopic (exact) mass is 231 g/mol. The van der Waals surface area contributed by atoms with Crippen molar-refractivity contribution in [3.05, 3.63) is 23.8 Å². The van der Waals surface area contributed by atoms with Crippen LogP contribution in [-0.2, 0) is 11.3 Å². The smallest absolute Gasteiger partial charge is 0.264 e. The molecule has 1 amide bonds. The zero-order valence-electron chi connectivity index (χ0n) is 9.80. The number of carbonyl (C=O) groups excluding carboxylic acids is 1. The van der Waals surface area contributed by atoms with E-state index in [4.69, 9.17) is 10.00 Å². The van der Waals surface area contributed by atoms with Gasteiger partial charge in [0.05, 0.1) is 12.2 Å². The third kappa shape index (κ3) is 2.16. The molecule has 0 saturated heterocycles. The SMILES string of the molecule is CN(C#N)Cc1ccc2c(c1)N(C)C(=O)CO2. The molecule has 1 aliphatic heterocycles. The highest BCUT2D eigenvalue weighted by molar-refractivity contribution is 5.97. The summed E-state index contributed by atoms with van der Waals surface area (Å²) in [5, 5.41) is 8.72. The van der Waals surface area contributed by atoms with E-state index in [2.05, 4.69) is 0 Å². The number of carbonyl (C=O) groups is 1. The number of ether oxygens (including phenoxy) is 1. The van der Waals surface area contributed by atoms with Crippen LogP contribution in [0.1, 0.15) is 5.56 Å². The summed E-state index contributed by atoms with van der Waals surface area (Å²) >= 11 is 0. The lowest BCUT2D eigenvalue weighted by Crippen LogP contribution is -2.35. The second kappa shape index (κ2) is 4.34. The van der Waals surface area contributed by atoms with Crippen molar-refractivity contribution < 1.29 is 9.53 Å². The Morgan fingerprint density at radius 1 is 1.59 bits per heavy atom. The first-order chi connectivity index (χ1) is 8.11. The van der Waals surface area contributed by atoms with Crippen LogP contribution in [-0.4, -0.2) is 31.5 Å². The third-order valence-corrected chi connectivity index (χ3v) is 2.70. The minimum atomic E-state index is -0.0664. The molecule has 0 atom stereocenters. The summed E-state index contributed by atoms with van der Waals surface area (Å²) in [5.41, 5.74) is 1.73. The van der Waals surface area contributed by atoms with Crippen molar-refractivity contribution in [3.63, 3.8) is 0 Å². The number of likely N-dealkylation sites (N-methyl/N-ethyl adjacent to an activating group) is 1. The van der Waals surface area contributed by atoms with Crippen molar-refractivity contribution >= 4 is 11.6 Å². The van der Waals surface area contributed by atoms with Crippen molar-refractivity contribution in [1.82, 2.24) is 4.90 Å². The molecule has 1 aliphatic rings. The van der Waals surface area contributed by atoms with Crippen LogP contribution in [0.3, 0.4) is 0 Å². The third-order valence-electron chi connectivity index (χ3n) is 2.70. The molecule has 0 fully saturated rings. The molecule has 0 bridgehead atoms. The molecule has 2 rings (SSSR count). The summed E-state index contributed by atoms with van der Waals surface area (Å²) in [6.45, 7) is 0.604. The fourth-order valence-corrected chi connectivity index (χ4v) is 1.73. The van der Waals surface area contributed by atoms with E-state index in [-0.39, 0.29) is 12.5 Å². The van der Waals surface area contributed by atoms with Crippen LogP contribution in [0.4, 0.5) is 5.69 Å². The standard InChI is InChI=1S/C12H13N3O2/c1-14(8-13)6-9-3-4-11-10(5-9)15(2)12(16)7-17-11/h3-5H,6-7H2,1-2H3. The van der Waals surface area contributed by atoms with E-state index in [1.165, 1.54) is 4.90 Å². The highest BCUT2D eigenvalue weighted by Crippen LogP contribution is 2.32. The zero-order chi connectivity index (χ0) is 12.4. The van der Waals surface area contributed by atoms with Crippen LogP contribution in [0.5, 0.6) is 5.75 Å². The molecule has 0 radical (unpaired) electrons. The number of nitriles is 1. The van der Waals surface area contributed by atoms with Gasteiger partial charge in [-0.25, -0.2) is 0 Å². The molecule has 0 N–H and O–H groups in total. The number of hydrogen-bond acceptors (Lipinski definition) is 4. The van der Waals surface area contributed by atoms with E-state index in [0.29, 0.717) is 12.3 Å². The quantitative estimate of drug-likeness (QED) is 0.562. The Hall–Kier alpha value is -2.22. The van der Waals surface area contributed by atoms with E-state index < -0.39 is 0 Å². The van der Waals surface area contributed by atoms with Gasteiger partial charge in [-0.15, -0.1) is 0 Å². The lowest BCUT2D eigenvalue weighted by atomic mass is 10.1. The Balaban J connectivity index is 2.30. The molecule has 1 aromatic rings. The number of hydrogen-bond donors (Lipinski definition) is 0. The summed E-state index contributed by atoms with van der Waals surface area (Å²) in [7, 11) is 3.44. The van der Waals surface area contributed by atoms with Crippen LogP contribution in [0, 0.1) is 11.5 Å². The first kappa shape index (κ1) is 11.3. The fourth-order valence-electron chi connectivity index (χ4n) is 1.73. The van der Waals surface area contributed by atoms with Crippen molar-refractivity contribution in [1.29, 1.82) is 5.26 Å². The van der Waals surface area contributed by atoms with Gasteiger partial charge in [-0.1, -0.05) is 6.07 Å². The number of amides is 1. The summed E-state index contributed by atoms with van der Waals surface area (Å²) < 4.78 is 5.32. The summed E-state index contributed by atoms with van der Waals surface area (Å²) in [6, 6.07) is 5.61. The summed E-state index contributed by atoms with van der Waals surface area (Å²) in [6.07, 6.45) is 2.03. The van der Waals surface area contributed by atoms with Gasteiger partial charge in [0.2, 0.25) is 0 Å². The van der Waals surface area contributed by atoms with Crippen LogP contribution >= 0.6 is 0 Å². The largest absolute Gasteiger partial charge is 0.482 e. The molecule has 0 unspecified atom stereocenters. The summed E-state index contributed by atoms with van der Waals surface area (Å²) in [4.78, 5) is 14.6. The molecule has 1 heterocycles. The Morgan fingerprint density at radius 3 is 3.06 bits per heavy atom. The molecule has 0 aliphatic carbocycles. The molecule has 5 nitrogen and oxygen atoms in total. The topological polar surface area (TPSA) is 56.6 Å². The lowest BCUT2D eigenvalue weighted by Gasteiger charge is -2.26. The molecule has 5 heteroatoms. The average Bonchev–Trinajstić information content (AvgIpc) is 2.34. The zero-order valence-corrected chi connectivity index (χ0v) is 9.80. The first-order valence-corrected chi connectivity index (χ1v) is 5.25. The molecular weight excluding hydrogens is 218 g/mol. The van der Waals surface area contributed by atoms with Gasteiger partial charge in [0.1, 0.15) is 5.75 Å². The predicted octanol–water partition coefficient (Wildman–Crippen LogP) is 0.955. The van der Waals surface area contributed by atoms with Crippen molar-refractivity contribution in [2.75, 3.05) is 25.6 Å². The van der Waals surface area contributed by atoms with E-state index in [0.717, 1.165) is 11.3 Å². The highest BCUT2D eigenvalue weighted by atomic mass is 16.5. The van der Waals surface area contributed by atoms with Gasteiger partial charge >= 0.3 is 0 Å². The molecule has 0 saturated carbocycles. The van der Waals surface area contributed by atoms with Crippen molar-refractivity contribution in [2.24, 2.45) is 0 Å². The van der Waals surface area contributed by atoms with E-state index in [1.54, 1.807) is 19.0 Å². The van der Waals surface area contributed by atoms with Gasteiger partial charge in [-0.2, -0.15) is 5.26 Å². The van der Waals surface area contributed by atoms with Gasteiger partial charge in [0.25, 0.3) is 5.91 Å². The molecule has 17 heavy (non-hydrogen) atoms. The number of nitrogens with zero attached hydrogens (tertiary/aromatic N) is 3. The van der Waals surface area contributed by atoms with Gasteiger partial charge in [-0.3, -0.25) is 4.79 Å². The van der Waals surface area contributed by atoms with Crippen molar-refractivity contribution in [2.45, 2.75) is 6.54 Å². The Morgan fingerprint density at radius 2 is 2.35 bits per heavy atom. The number of rotatable bonds is 2. The van der Waals surface area contributed by atoms with Crippen LogP contribution in [0.2, 0.25) is 0 Å². The Bertz CT molecular complexity index is 493. The first-order valence-electron chi connectivity index (χ1n) is 5.25. The average molecular weight is 231 g/mol. The highest BCUT2D eigenvalue weighted by Gasteiger charge is 2.22. The second-order valence-corrected chi connectivity index (χ2v) is 4.00. The van der Waals surface area contributed by atoms with E-state index in [1.807, 2.05) is 24.4 Å². The maximum absolute atomic E-state index is 11.5. The molecule has 88 valence electrons. The maximum Gasteiger partial charge on any atom is 0.264 e. The minimum absolute atomic E-state index is 0.0664. The number of fused-ring (bicyclic) bond motifs is 1. The van der Waals surface area contributed by atoms with Crippen LogP contribution < -0.4 is 9.64 Å². The fraction of sp³-hybridized carbons (Fsp3) is 0.333. The second-order valence-electron chi connectivity index (χ2n) is 4.00. The maximum atomic E-state index is 11.5. The van der Waals surface area contributed by atoms with Gasteiger partial charge in [0.15, 0.2) is 12.8 Å². The Labute approximate surface area is 99.8 Å². The van der Waals surface area contributed by atoms with Gasteiger partial charge < -0.3 is 14.5 Å². The predicted molar refractivity (Wildman–Crippen MR) is 62.4 cm³/mol. The molecule has 0 aromatic heterocycles. The van der Waals surface area contributed by atoms with Gasteiger partial charge in [0, 0.05) is 14.1 Å². The normalized spacial score (nSPS) is 13.7. The van der Waals surface area contributed by atoms with E-state index >= 15 is 0 Å². The minimum Gasteiger partial charge on any atom is -0.482 e. The molecule has 1 aromatic carbocycles. The van der Waals surface area contributed by atoms with Crippen molar-refractivity contribution in [3.8, 4) is 11.9 Å².